The number of carboxylic acids is 1. The summed E-state index contributed by atoms with van der Waals surface area (Å²) >= 11 is 0. The van der Waals surface area contributed by atoms with Crippen LogP contribution in [0, 0.1) is 5.92 Å². The summed E-state index contributed by atoms with van der Waals surface area (Å²) in [6.45, 7) is 3.32. The third-order valence-electron chi connectivity index (χ3n) is 4.65. The first kappa shape index (κ1) is 18.9. The van der Waals surface area contributed by atoms with Crippen molar-refractivity contribution < 1.29 is 24.0 Å². The van der Waals surface area contributed by atoms with Crippen LogP contribution < -0.4 is 4.74 Å². The van der Waals surface area contributed by atoms with Gasteiger partial charge in [0.25, 0.3) is 5.91 Å². The van der Waals surface area contributed by atoms with Crippen molar-refractivity contribution in [3.8, 4) is 5.75 Å². The minimum atomic E-state index is -0.776. The Morgan fingerprint density at radius 1 is 1.26 bits per heavy atom. The van der Waals surface area contributed by atoms with Crippen molar-refractivity contribution in [1.82, 2.24) is 15.0 Å². The molecule has 3 rings (SSSR count). The number of carbonyl (C=O) groups excluding carboxylic acids is 1. The van der Waals surface area contributed by atoms with Gasteiger partial charge in [-0.25, -0.2) is 0 Å². The van der Waals surface area contributed by atoms with Crippen molar-refractivity contribution in [3.05, 3.63) is 41.5 Å². The number of carbonyl (C=O) groups is 2. The Hall–Kier alpha value is -2.90. The number of ether oxygens (including phenoxy) is 1. The van der Waals surface area contributed by atoms with E-state index in [0.717, 1.165) is 12.8 Å². The SMILES string of the molecule is CCc1nc(COc2ccc(C(=O)N3CCC(CC(=O)O)CC3)cc2)no1. The molecule has 0 unspecified atom stereocenters. The molecule has 0 atom stereocenters. The number of aryl methyl sites for hydroxylation is 1. The summed E-state index contributed by atoms with van der Waals surface area (Å²) in [5.74, 6) is 1.01. The van der Waals surface area contributed by atoms with Crippen LogP contribution in [0.1, 0.15) is 48.3 Å². The number of piperidine rings is 1. The Balaban J connectivity index is 1.50. The largest absolute Gasteiger partial charge is 0.485 e. The highest BCUT2D eigenvalue weighted by molar-refractivity contribution is 5.94. The van der Waals surface area contributed by atoms with Crippen LogP contribution in [0.15, 0.2) is 28.8 Å². The summed E-state index contributed by atoms with van der Waals surface area (Å²) < 4.78 is 10.6. The van der Waals surface area contributed by atoms with Crippen LogP contribution >= 0.6 is 0 Å². The van der Waals surface area contributed by atoms with Gasteiger partial charge in [0, 0.05) is 31.5 Å². The maximum Gasteiger partial charge on any atom is 0.303 e. The Bertz CT molecular complexity index is 779. The van der Waals surface area contributed by atoms with Gasteiger partial charge in [0.2, 0.25) is 11.7 Å². The van der Waals surface area contributed by atoms with Crippen LogP contribution in [-0.4, -0.2) is 45.1 Å². The zero-order valence-electron chi connectivity index (χ0n) is 15.3. The summed E-state index contributed by atoms with van der Waals surface area (Å²) in [4.78, 5) is 29.3. The Morgan fingerprint density at radius 2 is 1.96 bits per heavy atom. The van der Waals surface area contributed by atoms with E-state index >= 15 is 0 Å². The van der Waals surface area contributed by atoms with Crippen molar-refractivity contribution in [2.24, 2.45) is 5.92 Å². The van der Waals surface area contributed by atoms with E-state index in [-0.39, 0.29) is 24.9 Å². The lowest BCUT2D eigenvalue weighted by Gasteiger charge is -2.31. The van der Waals surface area contributed by atoms with Gasteiger partial charge in [-0.05, 0) is 43.0 Å². The molecule has 27 heavy (non-hydrogen) atoms. The normalized spacial score (nSPS) is 14.9. The molecule has 1 aliphatic rings. The fourth-order valence-electron chi connectivity index (χ4n) is 3.10. The zero-order valence-corrected chi connectivity index (χ0v) is 15.3. The Kier molecular flexibility index (Phi) is 6.05. The number of rotatable bonds is 7. The molecule has 1 amide bonds. The van der Waals surface area contributed by atoms with Gasteiger partial charge in [0.05, 0.1) is 0 Å². The van der Waals surface area contributed by atoms with Crippen molar-refractivity contribution >= 4 is 11.9 Å². The van der Waals surface area contributed by atoms with Crippen LogP contribution in [0.4, 0.5) is 0 Å². The Labute approximate surface area is 157 Å². The second-order valence-corrected chi connectivity index (χ2v) is 6.60. The highest BCUT2D eigenvalue weighted by Crippen LogP contribution is 2.22. The third kappa shape index (κ3) is 5.06. The number of aliphatic carboxylic acids is 1. The molecule has 8 nitrogen and oxygen atoms in total. The molecule has 144 valence electrons. The van der Waals surface area contributed by atoms with Gasteiger partial charge in [-0.3, -0.25) is 9.59 Å². The summed E-state index contributed by atoms with van der Waals surface area (Å²) in [6.07, 6.45) is 2.30. The maximum absolute atomic E-state index is 12.6. The smallest absolute Gasteiger partial charge is 0.303 e. The number of carboxylic acid groups (broad SMARTS) is 1. The molecule has 0 bridgehead atoms. The number of hydrogen-bond acceptors (Lipinski definition) is 6. The van der Waals surface area contributed by atoms with Crippen molar-refractivity contribution in [1.29, 1.82) is 0 Å². The Morgan fingerprint density at radius 3 is 2.56 bits per heavy atom. The van der Waals surface area contributed by atoms with Gasteiger partial charge in [-0.1, -0.05) is 12.1 Å². The topological polar surface area (TPSA) is 106 Å². The number of amides is 1. The molecule has 1 aromatic carbocycles. The summed E-state index contributed by atoms with van der Waals surface area (Å²) in [7, 11) is 0. The molecule has 0 spiro atoms. The summed E-state index contributed by atoms with van der Waals surface area (Å²) in [6, 6.07) is 6.94. The average molecular weight is 373 g/mol. The van der Waals surface area contributed by atoms with E-state index in [4.69, 9.17) is 14.4 Å². The zero-order chi connectivity index (χ0) is 19.2. The molecule has 1 aromatic heterocycles. The molecular formula is C19H23N3O5. The molecule has 1 saturated heterocycles. The lowest BCUT2D eigenvalue weighted by molar-refractivity contribution is -0.138. The van der Waals surface area contributed by atoms with Gasteiger partial charge in [0.1, 0.15) is 5.75 Å². The average Bonchev–Trinajstić information content (AvgIpc) is 3.14. The predicted octanol–water partition coefficient (Wildman–Crippen LogP) is 2.54. The molecule has 0 radical (unpaired) electrons. The molecule has 2 aromatic rings. The van der Waals surface area contributed by atoms with E-state index < -0.39 is 5.97 Å². The molecule has 1 aliphatic heterocycles. The van der Waals surface area contributed by atoms with Crippen LogP contribution in [0.5, 0.6) is 5.75 Å². The number of likely N-dealkylation sites (tertiary alicyclic amines) is 1. The minimum absolute atomic E-state index is 0.0407. The van der Waals surface area contributed by atoms with Gasteiger partial charge >= 0.3 is 5.97 Å². The first-order chi connectivity index (χ1) is 13.0. The van der Waals surface area contributed by atoms with Crippen molar-refractivity contribution in [2.75, 3.05) is 13.1 Å². The molecule has 1 N–H and O–H groups in total. The number of hydrogen-bond donors (Lipinski definition) is 1. The second-order valence-electron chi connectivity index (χ2n) is 6.60. The molecule has 8 heteroatoms. The number of benzene rings is 1. The van der Waals surface area contributed by atoms with Gasteiger partial charge in [-0.2, -0.15) is 4.98 Å². The molecule has 0 aliphatic carbocycles. The standard InChI is InChI=1S/C19H23N3O5/c1-2-17-20-16(21-27-17)12-26-15-5-3-14(4-6-15)19(25)22-9-7-13(8-10-22)11-18(23)24/h3-6,13H,2,7-12H2,1H3,(H,23,24). The van der Waals surface area contributed by atoms with Gasteiger partial charge < -0.3 is 19.3 Å². The monoisotopic (exact) mass is 373 g/mol. The molecule has 0 saturated carbocycles. The van der Waals surface area contributed by atoms with E-state index in [1.807, 2.05) is 6.92 Å². The van der Waals surface area contributed by atoms with Crippen LogP contribution in [-0.2, 0) is 17.8 Å². The minimum Gasteiger partial charge on any atom is -0.485 e. The van der Waals surface area contributed by atoms with Crippen molar-refractivity contribution in [2.45, 2.75) is 39.2 Å². The highest BCUT2D eigenvalue weighted by Gasteiger charge is 2.25. The third-order valence-corrected chi connectivity index (χ3v) is 4.65. The van der Waals surface area contributed by atoms with Crippen LogP contribution in [0.25, 0.3) is 0 Å². The van der Waals surface area contributed by atoms with Crippen LogP contribution in [0.2, 0.25) is 0 Å². The van der Waals surface area contributed by atoms with E-state index in [1.165, 1.54) is 0 Å². The summed E-state index contributed by atoms with van der Waals surface area (Å²) in [5, 5.41) is 12.7. The van der Waals surface area contributed by atoms with Gasteiger partial charge in [-0.15, -0.1) is 0 Å². The molecule has 2 heterocycles. The fraction of sp³-hybridized carbons (Fsp3) is 0.474. The molecule has 1 fully saturated rings. The number of nitrogens with zero attached hydrogens (tertiary/aromatic N) is 3. The fourth-order valence-corrected chi connectivity index (χ4v) is 3.10. The first-order valence-corrected chi connectivity index (χ1v) is 9.10. The lowest BCUT2D eigenvalue weighted by atomic mass is 9.93. The quantitative estimate of drug-likeness (QED) is 0.795. The van der Waals surface area contributed by atoms with E-state index in [9.17, 15) is 9.59 Å². The number of aromatic nitrogens is 2. The summed E-state index contributed by atoms with van der Waals surface area (Å²) in [5.41, 5.74) is 0.590. The lowest BCUT2D eigenvalue weighted by Crippen LogP contribution is -2.38. The van der Waals surface area contributed by atoms with E-state index in [1.54, 1.807) is 29.2 Å². The maximum atomic E-state index is 12.6. The van der Waals surface area contributed by atoms with E-state index in [2.05, 4.69) is 10.1 Å². The second kappa shape index (κ2) is 8.66. The first-order valence-electron chi connectivity index (χ1n) is 9.10. The molecular weight excluding hydrogens is 350 g/mol. The highest BCUT2D eigenvalue weighted by atomic mass is 16.5. The van der Waals surface area contributed by atoms with Gasteiger partial charge in [0.15, 0.2) is 6.61 Å². The van der Waals surface area contributed by atoms with Crippen molar-refractivity contribution in [3.63, 3.8) is 0 Å². The van der Waals surface area contributed by atoms with E-state index in [0.29, 0.717) is 42.5 Å². The predicted molar refractivity (Wildman–Crippen MR) is 95.3 cm³/mol. The van der Waals surface area contributed by atoms with Crippen LogP contribution in [0.3, 0.4) is 0 Å².